The lowest BCUT2D eigenvalue weighted by atomic mass is 9.86. The number of hydrogen-bond donors (Lipinski definition) is 1. The molecule has 0 saturated carbocycles. The number of halogens is 1. The van der Waals surface area contributed by atoms with Crippen molar-refractivity contribution in [2.75, 3.05) is 13.7 Å². The second-order valence-electron chi connectivity index (χ2n) is 6.47. The molecule has 3 nitrogen and oxygen atoms in total. The van der Waals surface area contributed by atoms with E-state index in [9.17, 15) is 9.50 Å². The Balaban J connectivity index is 2.12. The van der Waals surface area contributed by atoms with E-state index in [2.05, 4.69) is 4.98 Å². The zero-order valence-electron chi connectivity index (χ0n) is 14.0. The van der Waals surface area contributed by atoms with E-state index in [1.54, 1.807) is 19.2 Å². The largest absolute Gasteiger partial charge is 0.481 e. The predicted octanol–water partition coefficient (Wildman–Crippen LogP) is 4.32. The van der Waals surface area contributed by atoms with Crippen molar-refractivity contribution in [2.24, 2.45) is 0 Å². The van der Waals surface area contributed by atoms with Gasteiger partial charge in [-0.3, -0.25) is 0 Å². The van der Waals surface area contributed by atoms with Gasteiger partial charge >= 0.3 is 0 Å². The van der Waals surface area contributed by atoms with Gasteiger partial charge in [-0.1, -0.05) is 44.2 Å². The second kappa shape index (κ2) is 6.21. The highest BCUT2D eigenvalue weighted by Crippen LogP contribution is 2.33. The highest BCUT2D eigenvalue weighted by molar-refractivity contribution is 5.87. The summed E-state index contributed by atoms with van der Waals surface area (Å²) >= 11 is 0. The van der Waals surface area contributed by atoms with Gasteiger partial charge in [0, 0.05) is 21.9 Å². The molecule has 0 aliphatic heterocycles. The minimum atomic E-state index is -0.452. The molecule has 0 aliphatic rings. The van der Waals surface area contributed by atoms with Crippen molar-refractivity contribution in [1.29, 1.82) is 0 Å². The third-order valence-electron chi connectivity index (χ3n) is 4.30. The lowest BCUT2D eigenvalue weighted by Crippen LogP contribution is -2.23. The van der Waals surface area contributed by atoms with Gasteiger partial charge in [-0.15, -0.1) is 0 Å². The Bertz CT molecular complexity index is 890. The molecule has 0 spiro atoms. The minimum absolute atomic E-state index is 0.00836. The van der Waals surface area contributed by atoms with Crippen LogP contribution in [-0.4, -0.2) is 23.8 Å². The van der Waals surface area contributed by atoms with Crippen LogP contribution in [0.4, 0.5) is 4.39 Å². The number of aliphatic hydroxyl groups is 1. The van der Waals surface area contributed by atoms with Crippen LogP contribution in [0.25, 0.3) is 22.0 Å². The number of methoxy groups -OCH3 is 1. The first-order valence-corrected chi connectivity index (χ1v) is 7.81. The monoisotopic (exact) mass is 325 g/mol. The van der Waals surface area contributed by atoms with Crippen molar-refractivity contribution in [3.05, 3.63) is 59.9 Å². The highest BCUT2D eigenvalue weighted by atomic mass is 19.1. The van der Waals surface area contributed by atoms with Gasteiger partial charge in [0.05, 0.1) is 19.4 Å². The van der Waals surface area contributed by atoms with Crippen LogP contribution in [-0.2, 0) is 5.41 Å². The molecule has 0 bridgehead atoms. The predicted molar refractivity (Wildman–Crippen MR) is 93.8 cm³/mol. The van der Waals surface area contributed by atoms with Crippen molar-refractivity contribution < 1.29 is 14.2 Å². The molecule has 1 heterocycles. The molecule has 124 valence electrons. The Labute approximate surface area is 140 Å². The minimum Gasteiger partial charge on any atom is -0.481 e. The van der Waals surface area contributed by atoms with Crippen molar-refractivity contribution in [2.45, 2.75) is 19.3 Å². The Morgan fingerprint density at radius 3 is 2.62 bits per heavy atom. The summed E-state index contributed by atoms with van der Waals surface area (Å²) < 4.78 is 19.4. The third-order valence-corrected chi connectivity index (χ3v) is 4.30. The van der Waals surface area contributed by atoms with Gasteiger partial charge in [-0.2, -0.15) is 0 Å². The molecule has 0 saturated heterocycles. The van der Waals surface area contributed by atoms with Crippen molar-refractivity contribution >= 4 is 10.8 Å². The molecule has 1 aromatic heterocycles. The molecule has 0 unspecified atom stereocenters. The Kier molecular flexibility index (Phi) is 4.24. The molecule has 4 heteroatoms. The molecule has 24 heavy (non-hydrogen) atoms. The Morgan fingerprint density at radius 1 is 1.12 bits per heavy atom. The summed E-state index contributed by atoms with van der Waals surface area (Å²) in [6, 6.07) is 14.4. The molecular weight excluding hydrogens is 305 g/mol. The Morgan fingerprint density at radius 2 is 1.92 bits per heavy atom. The van der Waals surface area contributed by atoms with E-state index in [1.807, 2.05) is 44.2 Å². The maximum Gasteiger partial charge on any atom is 0.217 e. The number of rotatable bonds is 4. The second-order valence-corrected chi connectivity index (χ2v) is 6.47. The first kappa shape index (κ1) is 16.4. The van der Waals surface area contributed by atoms with Gasteiger partial charge in [0.1, 0.15) is 5.82 Å². The fraction of sp³-hybridized carbons (Fsp3) is 0.250. The number of ether oxygens (including phenoxy) is 1. The van der Waals surface area contributed by atoms with Gasteiger partial charge in [0.2, 0.25) is 5.88 Å². The van der Waals surface area contributed by atoms with E-state index in [4.69, 9.17) is 4.74 Å². The number of fused-ring (bicyclic) bond motifs is 1. The summed E-state index contributed by atoms with van der Waals surface area (Å²) in [5, 5.41) is 11.0. The summed E-state index contributed by atoms with van der Waals surface area (Å²) in [5.41, 5.74) is 1.91. The van der Waals surface area contributed by atoms with Crippen molar-refractivity contribution in [3.8, 4) is 17.1 Å². The summed E-state index contributed by atoms with van der Waals surface area (Å²) in [6.07, 6.45) is 0. The van der Waals surface area contributed by atoms with Crippen LogP contribution in [0.15, 0.2) is 48.5 Å². The third kappa shape index (κ3) is 2.85. The van der Waals surface area contributed by atoms with Gasteiger partial charge in [-0.25, -0.2) is 9.37 Å². The van der Waals surface area contributed by atoms with E-state index in [0.29, 0.717) is 17.0 Å². The smallest absolute Gasteiger partial charge is 0.217 e. The number of aliphatic hydroxyl groups excluding tert-OH is 1. The average molecular weight is 325 g/mol. The van der Waals surface area contributed by atoms with Gasteiger partial charge in [-0.05, 0) is 23.6 Å². The quantitative estimate of drug-likeness (QED) is 0.777. The lowest BCUT2D eigenvalue weighted by molar-refractivity contribution is 0.214. The van der Waals surface area contributed by atoms with E-state index >= 15 is 0 Å². The maximum absolute atomic E-state index is 14.0. The lowest BCUT2D eigenvalue weighted by Gasteiger charge is -2.24. The fourth-order valence-corrected chi connectivity index (χ4v) is 2.75. The van der Waals surface area contributed by atoms with Crippen LogP contribution in [0, 0.1) is 5.82 Å². The van der Waals surface area contributed by atoms with Crippen molar-refractivity contribution in [3.63, 3.8) is 0 Å². The number of pyridine rings is 1. The van der Waals surface area contributed by atoms with Crippen LogP contribution >= 0.6 is 0 Å². The van der Waals surface area contributed by atoms with Crippen molar-refractivity contribution in [1.82, 2.24) is 4.98 Å². The number of benzene rings is 2. The molecule has 1 N–H and O–H groups in total. The number of hydrogen-bond acceptors (Lipinski definition) is 3. The van der Waals surface area contributed by atoms with Crippen LogP contribution in [0.5, 0.6) is 5.88 Å². The summed E-state index contributed by atoms with van der Waals surface area (Å²) in [7, 11) is 1.56. The molecule has 0 fully saturated rings. The molecule has 3 aromatic rings. The van der Waals surface area contributed by atoms with Gasteiger partial charge in [0.25, 0.3) is 0 Å². The zero-order valence-corrected chi connectivity index (χ0v) is 14.0. The van der Waals surface area contributed by atoms with E-state index in [-0.39, 0.29) is 12.4 Å². The van der Waals surface area contributed by atoms with Crippen LogP contribution in [0.2, 0.25) is 0 Å². The summed E-state index contributed by atoms with van der Waals surface area (Å²) in [6.45, 7) is 3.85. The summed E-state index contributed by atoms with van der Waals surface area (Å²) in [4.78, 5) is 4.56. The van der Waals surface area contributed by atoms with Crippen LogP contribution in [0.3, 0.4) is 0 Å². The van der Waals surface area contributed by atoms with Crippen LogP contribution < -0.4 is 4.74 Å². The topological polar surface area (TPSA) is 42.4 Å². The number of aromatic nitrogens is 1. The molecule has 0 radical (unpaired) electrons. The first-order valence-electron chi connectivity index (χ1n) is 7.81. The normalized spacial score (nSPS) is 11.7. The zero-order chi connectivity index (χ0) is 17.3. The van der Waals surface area contributed by atoms with Gasteiger partial charge in [0.15, 0.2) is 0 Å². The average Bonchev–Trinajstić information content (AvgIpc) is 2.61. The molecule has 0 amide bonds. The van der Waals surface area contributed by atoms with E-state index in [0.717, 1.165) is 16.5 Å². The molecule has 3 rings (SSSR count). The maximum atomic E-state index is 14.0. The standard InChI is InChI=1S/C20H20FNO2/c1-20(2,12-23)16-9-10-18(22-19(16)24-3)14-8-7-13-5-4-6-17(21)15(13)11-14/h4-11,23H,12H2,1-3H3. The molecular formula is C20H20FNO2. The molecule has 0 aliphatic carbocycles. The highest BCUT2D eigenvalue weighted by Gasteiger charge is 2.25. The van der Waals surface area contributed by atoms with Gasteiger partial charge < -0.3 is 9.84 Å². The van der Waals surface area contributed by atoms with Crippen LogP contribution in [0.1, 0.15) is 19.4 Å². The molecule has 2 aromatic carbocycles. The summed E-state index contributed by atoms with van der Waals surface area (Å²) in [5.74, 6) is 0.222. The SMILES string of the molecule is COc1nc(-c2ccc3cccc(F)c3c2)ccc1C(C)(C)CO. The first-order chi connectivity index (χ1) is 11.5. The van der Waals surface area contributed by atoms with E-state index < -0.39 is 5.41 Å². The Hall–Kier alpha value is -2.46. The number of nitrogens with zero attached hydrogens (tertiary/aromatic N) is 1. The van der Waals surface area contributed by atoms with E-state index in [1.165, 1.54) is 6.07 Å². The fourth-order valence-electron chi connectivity index (χ4n) is 2.75. The molecule has 0 atom stereocenters.